The lowest BCUT2D eigenvalue weighted by atomic mass is 9.81. The molecule has 0 unspecified atom stereocenters. The number of benzene rings is 2. The second-order valence-electron chi connectivity index (χ2n) is 11.7. The lowest BCUT2D eigenvalue weighted by Gasteiger charge is -2.35. The number of alkyl halides is 6. The van der Waals surface area contributed by atoms with E-state index in [1.807, 2.05) is 0 Å². The van der Waals surface area contributed by atoms with Crippen molar-refractivity contribution in [2.75, 3.05) is 23.4 Å². The summed E-state index contributed by atoms with van der Waals surface area (Å²) in [5.41, 5.74) is 0.711. The van der Waals surface area contributed by atoms with Crippen molar-refractivity contribution < 1.29 is 40.3 Å². The van der Waals surface area contributed by atoms with Gasteiger partial charge >= 0.3 is 12.4 Å². The Labute approximate surface area is 249 Å². The smallest absolute Gasteiger partial charge is 0.368 e. The Morgan fingerprint density at radius 3 is 2.02 bits per heavy atom. The zero-order valence-corrected chi connectivity index (χ0v) is 24.6. The second-order valence-corrected chi connectivity index (χ2v) is 11.7. The molecule has 1 saturated heterocycles. The lowest BCUT2D eigenvalue weighted by Crippen LogP contribution is -2.52. The molecule has 44 heavy (non-hydrogen) atoms. The molecule has 236 valence electrons. The van der Waals surface area contributed by atoms with Crippen molar-refractivity contribution >= 4 is 23.3 Å². The summed E-state index contributed by atoms with van der Waals surface area (Å²) in [4.78, 5) is 33.6. The van der Waals surface area contributed by atoms with Gasteiger partial charge in [0.2, 0.25) is 11.8 Å². The molecule has 0 radical (unpaired) electrons. The first-order valence-electron chi connectivity index (χ1n) is 13.6. The van der Waals surface area contributed by atoms with E-state index >= 15 is 0 Å². The van der Waals surface area contributed by atoms with Crippen molar-refractivity contribution in [1.29, 1.82) is 0 Å². The van der Waals surface area contributed by atoms with Crippen LogP contribution in [0.25, 0.3) is 11.1 Å². The fraction of sp³-hybridized carbons (Fsp3) is 0.387. The summed E-state index contributed by atoms with van der Waals surface area (Å²) < 4.78 is 95.6. The maximum Gasteiger partial charge on any atom is 0.416 e. The third-order valence-electron chi connectivity index (χ3n) is 8.31. The van der Waals surface area contributed by atoms with E-state index in [9.17, 15) is 40.3 Å². The van der Waals surface area contributed by atoms with E-state index in [1.165, 1.54) is 45.3 Å². The SMILES string of the molecule is Cc1cc(F)ccc1-c1cc(N2CCC[C@]2(C)C(N)=O)ncc1N(C)C(=O)C(C)(C)c1cc(C(F)(F)F)cc(C(F)(F)F)c1. The predicted octanol–water partition coefficient (Wildman–Crippen LogP) is 7.02. The van der Waals surface area contributed by atoms with Crippen molar-refractivity contribution in [3.63, 3.8) is 0 Å². The highest BCUT2D eigenvalue weighted by molar-refractivity contribution is 6.03. The molecule has 4 rings (SSSR count). The zero-order chi connectivity index (χ0) is 33.0. The maximum absolute atomic E-state index is 14.0. The zero-order valence-electron chi connectivity index (χ0n) is 24.6. The number of amides is 2. The Balaban J connectivity index is 1.86. The molecule has 6 nitrogen and oxygen atoms in total. The van der Waals surface area contributed by atoms with Gasteiger partial charge < -0.3 is 15.5 Å². The van der Waals surface area contributed by atoms with Crippen LogP contribution in [0, 0.1) is 12.7 Å². The second kappa shape index (κ2) is 11.1. The Kier molecular flexibility index (Phi) is 8.25. The monoisotopic (exact) mass is 624 g/mol. The van der Waals surface area contributed by atoms with Gasteiger partial charge in [-0.3, -0.25) is 9.59 Å². The number of likely N-dealkylation sites (N-methyl/N-ethyl adjacent to an activating group) is 1. The quantitative estimate of drug-likeness (QED) is 0.299. The van der Waals surface area contributed by atoms with E-state index in [0.717, 1.165) is 4.90 Å². The Morgan fingerprint density at radius 1 is 0.932 bits per heavy atom. The molecule has 1 aliphatic heterocycles. The predicted molar refractivity (Wildman–Crippen MR) is 151 cm³/mol. The number of primary amides is 1. The number of pyridine rings is 1. The molecule has 1 aromatic heterocycles. The molecule has 1 aliphatic rings. The molecular formula is C31H31F7N4O2. The number of carbonyl (C=O) groups excluding carboxylic acids is 2. The first-order chi connectivity index (χ1) is 20.2. The number of nitrogens with two attached hydrogens (primary N) is 1. The minimum atomic E-state index is -5.09. The average molecular weight is 625 g/mol. The van der Waals surface area contributed by atoms with Gasteiger partial charge in [0, 0.05) is 19.2 Å². The van der Waals surface area contributed by atoms with Crippen LogP contribution in [0.1, 0.15) is 55.9 Å². The van der Waals surface area contributed by atoms with Gasteiger partial charge in [-0.25, -0.2) is 9.37 Å². The summed E-state index contributed by atoms with van der Waals surface area (Å²) in [5, 5.41) is 0. The molecule has 2 heterocycles. The van der Waals surface area contributed by atoms with Gasteiger partial charge in [0.1, 0.15) is 17.2 Å². The molecule has 0 aliphatic carbocycles. The number of aryl methyl sites for hydroxylation is 1. The first kappa shape index (κ1) is 32.7. The van der Waals surface area contributed by atoms with Crippen molar-refractivity contribution in [3.8, 4) is 11.1 Å². The molecule has 2 aromatic carbocycles. The molecule has 2 amide bonds. The van der Waals surface area contributed by atoms with Crippen LogP contribution < -0.4 is 15.5 Å². The number of carbonyl (C=O) groups is 2. The maximum atomic E-state index is 14.0. The third kappa shape index (κ3) is 5.96. The Hall–Kier alpha value is -4.16. The van der Waals surface area contributed by atoms with Crippen LogP contribution in [0.2, 0.25) is 0 Å². The van der Waals surface area contributed by atoms with Crippen molar-refractivity contribution in [2.45, 2.75) is 63.8 Å². The van der Waals surface area contributed by atoms with E-state index in [4.69, 9.17) is 5.73 Å². The number of hydrogen-bond acceptors (Lipinski definition) is 4. The van der Waals surface area contributed by atoms with Gasteiger partial charge in [-0.2, -0.15) is 26.3 Å². The highest BCUT2D eigenvalue weighted by Crippen LogP contribution is 2.42. The van der Waals surface area contributed by atoms with Crippen LogP contribution in [0.4, 0.5) is 42.2 Å². The van der Waals surface area contributed by atoms with E-state index in [1.54, 1.807) is 24.8 Å². The highest BCUT2D eigenvalue weighted by atomic mass is 19.4. The number of hydrogen-bond donors (Lipinski definition) is 1. The number of rotatable bonds is 6. The van der Waals surface area contributed by atoms with Gasteiger partial charge in [-0.1, -0.05) is 6.07 Å². The van der Waals surface area contributed by atoms with E-state index < -0.39 is 57.6 Å². The van der Waals surface area contributed by atoms with Crippen LogP contribution in [-0.4, -0.2) is 35.9 Å². The van der Waals surface area contributed by atoms with Crippen LogP contribution >= 0.6 is 0 Å². The van der Waals surface area contributed by atoms with Gasteiger partial charge in [-0.05, 0) is 93.6 Å². The molecule has 0 spiro atoms. The van der Waals surface area contributed by atoms with Gasteiger partial charge in [-0.15, -0.1) is 0 Å². The van der Waals surface area contributed by atoms with Crippen molar-refractivity contribution in [1.82, 2.24) is 4.98 Å². The summed E-state index contributed by atoms with van der Waals surface area (Å²) in [5.74, 6) is -1.56. The summed E-state index contributed by atoms with van der Waals surface area (Å²) in [7, 11) is 1.32. The van der Waals surface area contributed by atoms with Crippen LogP contribution in [0.5, 0.6) is 0 Å². The van der Waals surface area contributed by atoms with E-state index in [2.05, 4.69) is 4.98 Å². The number of halogens is 7. The first-order valence-corrected chi connectivity index (χ1v) is 13.6. The normalized spacial score (nSPS) is 17.6. The van der Waals surface area contributed by atoms with E-state index in [0.29, 0.717) is 54.0 Å². The summed E-state index contributed by atoms with van der Waals surface area (Å²) >= 11 is 0. The fourth-order valence-electron chi connectivity index (χ4n) is 5.55. The van der Waals surface area contributed by atoms with Crippen LogP contribution in [-0.2, 0) is 27.4 Å². The molecule has 1 fully saturated rings. The fourth-order valence-corrected chi connectivity index (χ4v) is 5.55. The topological polar surface area (TPSA) is 79.5 Å². The Morgan fingerprint density at radius 2 is 1.50 bits per heavy atom. The Bertz CT molecular complexity index is 1590. The number of anilines is 2. The molecule has 13 heteroatoms. The summed E-state index contributed by atoms with van der Waals surface area (Å²) in [6.07, 6.45) is -7.74. The minimum absolute atomic E-state index is 0.00400. The minimum Gasteiger partial charge on any atom is -0.368 e. The molecule has 1 atom stereocenters. The molecule has 0 saturated carbocycles. The average Bonchev–Trinajstić information content (AvgIpc) is 3.33. The number of nitrogens with zero attached hydrogens (tertiary/aromatic N) is 3. The van der Waals surface area contributed by atoms with Crippen molar-refractivity contribution in [3.05, 3.63) is 76.7 Å². The van der Waals surface area contributed by atoms with Crippen LogP contribution in [0.3, 0.4) is 0 Å². The van der Waals surface area contributed by atoms with Gasteiger partial charge in [0.05, 0.1) is 28.4 Å². The van der Waals surface area contributed by atoms with Gasteiger partial charge in [0.15, 0.2) is 0 Å². The lowest BCUT2D eigenvalue weighted by molar-refractivity contribution is -0.143. The molecule has 3 aromatic rings. The molecular weight excluding hydrogens is 593 g/mol. The standard InChI is InChI=1S/C31H31F7N4O2/c1-17-11-21(32)7-8-22(17)23-15-25(42-10-6-9-29(42,4)26(39)43)40-16-24(23)41(5)27(44)28(2,3)18-12-19(30(33,34)35)14-20(13-18)31(36,37)38/h7-8,11-16H,6,9-10H2,1-5H3,(H2,39,43)/t29-/m1/s1. The summed E-state index contributed by atoms with van der Waals surface area (Å²) in [6, 6.07) is 6.64. The van der Waals surface area contributed by atoms with Gasteiger partial charge in [0.25, 0.3) is 0 Å². The van der Waals surface area contributed by atoms with E-state index in [-0.39, 0.29) is 11.8 Å². The highest BCUT2D eigenvalue weighted by Gasteiger charge is 2.44. The molecule has 0 bridgehead atoms. The van der Waals surface area contributed by atoms with Crippen LogP contribution in [0.15, 0.2) is 48.7 Å². The largest absolute Gasteiger partial charge is 0.416 e. The van der Waals surface area contributed by atoms with Crippen molar-refractivity contribution in [2.24, 2.45) is 5.73 Å². The molecule has 2 N–H and O–H groups in total. The third-order valence-corrected chi connectivity index (χ3v) is 8.31. The number of aromatic nitrogens is 1. The summed E-state index contributed by atoms with van der Waals surface area (Å²) in [6.45, 7) is 6.23.